The molecule has 0 spiro atoms. The van der Waals surface area contributed by atoms with E-state index >= 15 is 0 Å². The van der Waals surface area contributed by atoms with Crippen LogP contribution in [0.2, 0.25) is 5.02 Å². The van der Waals surface area contributed by atoms with E-state index in [1.54, 1.807) is 23.1 Å². The van der Waals surface area contributed by atoms with Gasteiger partial charge in [0.05, 0.1) is 0 Å². The summed E-state index contributed by atoms with van der Waals surface area (Å²) in [5.74, 6) is -0.698. The van der Waals surface area contributed by atoms with Crippen LogP contribution in [-0.4, -0.2) is 48.8 Å². The van der Waals surface area contributed by atoms with Gasteiger partial charge in [-0.25, -0.2) is 0 Å². The number of primary amides is 1. The number of hydrogen-bond donors (Lipinski definition) is 1. The molecule has 158 valence electrons. The van der Waals surface area contributed by atoms with Gasteiger partial charge >= 0.3 is 0 Å². The van der Waals surface area contributed by atoms with Crippen LogP contribution in [0.25, 0.3) is 0 Å². The van der Waals surface area contributed by atoms with Crippen molar-refractivity contribution in [2.75, 3.05) is 27.2 Å². The first-order chi connectivity index (χ1) is 14.3. The molecule has 1 saturated carbocycles. The molecule has 2 N–H and O–H groups in total. The zero-order valence-corrected chi connectivity index (χ0v) is 18.3. The van der Waals surface area contributed by atoms with Gasteiger partial charge in [-0.3, -0.25) is 9.59 Å². The highest BCUT2D eigenvalue weighted by Gasteiger charge is 2.44. The van der Waals surface area contributed by atoms with Crippen molar-refractivity contribution in [3.63, 3.8) is 0 Å². The molecule has 0 bridgehead atoms. The first-order valence-corrected chi connectivity index (χ1v) is 10.8. The zero-order valence-electron chi connectivity index (χ0n) is 17.5. The monoisotopic (exact) mass is 425 g/mol. The molecule has 0 saturated heterocycles. The molecule has 1 fully saturated rings. The van der Waals surface area contributed by atoms with Crippen LogP contribution in [0.5, 0.6) is 0 Å². The lowest BCUT2D eigenvalue weighted by atomic mass is 9.90. The fraction of sp³-hybridized carbons (Fsp3) is 0.417. The fourth-order valence-corrected chi connectivity index (χ4v) is 4.68. The molecule has 1 unspecified atom stereocenters. The van der Waals surface area contributed by atoms with Crippen LogP contribution in [0.15, 0.2) is 42.5 Å². The second-order valence-corrected chi connectivity index (χ2v) is 9.26. The molecule has 2 amide bonds. The normalized spacial score (nSPS) is 19.3. The van der Waals surface area contributed by atoms with E-state index in [1.807, 2.05) is 0 Å². The third-order valence-corrected chi connectivity index (χ3v) is 6.69. The average molecular weight is 426 g/mol. The first kappa shape index (κ1) is 20.9. The molecule has 2 aromatic carbocycles. The van der Waals surface area contributed by atoms with E-state index < -0.39 is 11.9 Å². The minimum atomic E-state index is -0.734. The molecule has 1 aliphatic carbocycles. The van der Waals surface area contributed by atoms with E-state index in [0.717, 1.165) is 13.0 Å². The van der Waals surface area contributed by atoms with E-state index in [2.05, 4.69) is 43.3 Å². The Kier molecular flexibility index (Phi) is 5.60. The van der Waals surface area contributed by atoms with E-state index in [0.29, 0.717) is 34.5 Å². The van der Waals surface area contributed by atoms with E-state index in [9.17, 15) is 9.59 Å². The molecule has 2 aromatic rings. The molecule has 0 radical (unpaired) electrons. The molecule has 1 aliphatic heterocycles. The van der Waals surface area contributed by atoms with E-state index in [-0.39, 0.29) is 5.91 Å². The summed E-state index contributed by atoms with van der Waals surface area (Å²) in [6.45, 7) is 1.51. The van der Waals surface area contributed by atoms with Crippen LogP contribution in [0.4, 0.5) is 0 Å². The molecule has 1 heterocycles. The Morgan fingerprint density at radius 2 is 2.00 bits per heavy atom. The number of nitrogens with zero attached hydrogens (tertiary/aromatic N) is 2. The zero-order chi connectivity index (χ0) is 21.5. The fourth-order valence-electron chi connectivity index (χ4n) is 4.51. The minimum absolute atomic E-state index is 0.183. The third kappa shape index (κ3) is 3.96. The van der Waals surface area contributed by atoms with Crippen molar-refractivity contribution in [3.05, 3.63) is 69.7 Å². The topological polar surface area (TPSA) is 66.6 Å². The molecule has 2 aliphatic rings. The number of rotatable bonds is 8. The summed E-state index contributed by atoms with van der Waals surface area (Å²) >= 11 is 6.06. The van der Waals surface area contributed by atoms with Crippen molar-refractivity contribution in [3.8, 4) is 0 Å². The van der Waals surface area contributed by atoms with Gasteiger partial charge in [0.1, 0.15) is 6.04 Å². The van der Waals surface area contributed by atoms with Gasteiger partial charge in [0, 0.05) is 17.1 Å². The number of benzene rings is 2. The Bertz CT molecular complexity index is 984. The number of amides is 2. The summed E-state index contributed by atoms with van der Waals surface area (Å²) < 4.78 is 0. The average Bonchev–Trinajstić information content (AvgIpc) is 3.45. The van der Waals surface area contributed by atoms with Gasteiger partial charge in [-0.15, -0.1) is 0 Å². The molecule has 5 nitrogen and oxygen atoms in total. The largest absolute Gasteiger partial charge is 0.368 e. The maximum absolute atomic E-state index is 12.9. The minimum Gasteiger partial charge on any atom is -0.368 e. The van der Waals surface area contributed by atoms with Crippen LogP contribution in [-0.2, 0) is 16.6 Å². The number of hydrogen-bond acceptors (Lipinski definition) is 3. The Hall–Kier alpha value is -2.37. The summed E-state index contributed by atoms with van der Waals surface area (Å²) in [4.78, 5) is 28.9. The van der Waals surface area contributed by atoms with E-state index in [1.165, 1.54) is 24.0 Å². The Morgan fingerprint density at radius 3 is 2.67 bits per heavy atom. The van der Waals surface area contributed by atoms with Crippen LogP contribution in [0, 0.1) is 0 Å². The summed E-state index contributed by atoms with van der Waals surface area (Å²) in [5.41, 5.74) is 9.63. The van der Waals surface area contributed by atoms with Crippen molar-refractivity contribution in [1.82, 2.24) is 9.80 Å². The predicted octanol–water partition coefficient (Wildman–Crippen LogP) is 3.55. The van der Waals surface area contributed by atoms with Crippen LogP contribution in [0.3, 0.4) is 0 Å². The maximum Gasteiger partial charge on any atom is 0.255 e. The van der Waals surface area contributed by atoms with Crippen molar-refractivity contribution >= 4 is 23.4 Å². The van der Waals surface area contributed by atoms with Gasteiger partial charge in [-0.2, -0.15) is 0 Å². The molecular formula is C24H28ClN3O2. The van der Waals surface area contributed by atoms with Crippen LogP contribution in [0.1, 0.15) is 52.4 Å². The number of carbonyl (C=O) groups is 2. The lowest BCUT2D eigenvalue weighted by Gasteiger charge is -2.23. The van der Waals surface area contributed by atoms with Crippen molar-refractivity contribution in [1.29, 1.82) is 0 Å². The molecule has 6 heteroatoms. The number of fused-ring (bicyclic) bond motifs is 1. The highest BCUT2D eigenvalue weighted by atomic mass is 35.5. The SMILES string of the molecule is CN(C)CCC1(c2cccc(CCN3C(=O)c4cc(Cl)ccc4C3C(N)=O)c2)CC1. The quantitative estimate of drug-likeness (QED) is 0.703. The van der Waals surface area contributed by atoms with Crippen molar-refractivity contribution < 1.29 is 9.59 Å². The molecular weight excluding hydrogens is 398 g/mol. The summed E-state index contributed by atoms with van der Waals surface area (Å²) in [6.07, 6.45) is 4.30. The highest BCUT2D eigenvalue weighted by molar-refractivity contribution is 6.31. The lowest BCUT2D eigenvalue weighted by Crippen LogP contribution is -2.37. The third-order valence-electron chi connectivity index (χ3n) is 6.45. The molecule has 30 heavy (non-hydrogen) atoms. The smallest absolute Gasteiger partial charge is 0.255 e. The van der Waals surface area contributed by atoms with Gasteiger partial charge < -0.3 is 15.5 Å². The van der Waals surface area contributed by atoms with Gasteiger partial charge in [0.25, 0.3) is 5.91 Å². The number of nitrogens with two attached hydrogens (primary N) is 1. The lowest BCUT2D eigenvalue weighted by molar-refractivity contribution is -0.122. The van der Waals surface area contributed by atoms with Crippen LogP contribution >= 0.6 is 11.6 Å². The standard InChI is InChI=1S/C24H28ClN3O2/c1-27(2)13-11-24(9-10-24)17-5-3-4-16(14-17)8-12-28-21(22(26)29)19-7-6-18(25)15-20(19)23(28)30/h3-7,14-15,21H,8-13H2,1-2H3,(H2,26,29). The predicted molar refractivity (Wildman–Crippen MR) is 119 cm³/mol. The molecule has 0 aromatic heterocycles. The number of carbonyl (C=O) groups excluding carboxylic acids is 2. The van der Waals surface area contributed by atoms with Gasteiger partial charge in [0.2, 0.25) is 5.91 Å². The van der Waals surface area contributed by atoms with Crippen molar-refractivity contribution in [2.24, 2.45) is 5.73 Å². The first-order valence-electron chi connectivity index (χ1n) is 10.4. The second-order valence-electron chi connectivity index (χ2n) is 8.82. The summed E-state index contributed by atoms with van der Waals surface area (Å²) in [6, 6.07) is 13.0. The second kappa shape index (κ2) is 8.05. The Balaban J connectivity index is 1.50. The van der Waals surface area contributed by atoms with E-state index in [4.69, 9.17) is 17.3 Å². The number of halogens is 1. The van der Waals surface area contributed by atoms with Gasteiger partial charge in [0.15, 0.2) is 0 Å². The summed E-state index contributed by atoms with van der Waals surface area (Å²) in [5, 5.41) is 0.479. The van der Waals surface area contributed by atoms with Gasteiger partial charge in [-0.05, 0) is 80.6 Å². The Labute approximate surface area is 182 Å². The van der Waals surface area contributed by atoms with Crippen LogP contribution < -0.4 is 5.73 Å². The molecule has 4 rings (SSSR count). The van der Waals surface area contributed by atoms with Crippen molar-refractivity contribution in [2.45, 2.75) is 37.1 Å². The van der Waals surface area contributed by atoms with Gasteiger partial charge in [-0.1, -0.05) is 41.9 Å². The maximum atomic E-state index is 12.9. The summed E-state index contributed by atoms with van der Waals surface area (Å²) in [7, 11) is 4.22. The Morgan fingerprint density at radius 1 is 1.23 bits per heavy atom. The highest BCUT2D eigenvalue weighted by Crippen LogP contribution is 2.51. The molecule has 1 atom stereocenters.